The van der Waals surface area contributed by atoms with Crippen molar-refractivity contribution in [3.8, 4) is 27.9 Å². The summed E-state index contributed by atoms with van der Waals surface area (Å²) in [6.45, 7) is 0. The van der Waals surface area contributed by atoms with E-state index < -0.39 is 0 Å². The van der Waals surface area contributed by atoms with E-state index in [1.165, 1.54) is 16.3 Å². The average Bonchev–Trinajstić information content (AvgIpc) is 3.75. The van der Waals surface area contributed by atoms with Crippen LogP contribution in [0.25, 0.3) is 71.7 Å². The van der Waals surface area contributed by atoms with Crippen molar-refractivity contribution in [2.24, 2.45) is 0 Å². The molecule has 0 unspecified atom stereocenters. The Morgan fingerprint density at radius 1 is 0.451 bits per heavy atom. The maximum absolute atomic E-state index is 6.56. The Labute approximate surface area is 294 Å². The minimum atomic E-state index is 0.581. The lowest BCUT2D eigenvalue weighted by atomic mass is 10.0. The van der Waals surface area contributed by atoms with Gasteiger partial charge in [-0.05, 0) is 77.4 Å². The molecule has 0 atom stereocenters. The fraction of sp³-hybridized carbons (Fsp3) is 0. The second-order valence-corrected chi connectivity index (χ2v) is 12.7. The van der Waals surface area contributed by atoms with Crippen molar-refractivity contribution >= 4 is 61.1 Å². The normalized spacial score (nSPS) is 11.5. The van der Waals surface area contributed by atoms with Gasteiger partial charge in [-0.15, -0.1) is 0 Å². The molecule has 51 heavy (non-hydrogen) atoms. The first kappa shape index (κ1) is 29.0. The average molecular weight is 655 g/mol. The van der Waals surface area contributed by atoms with Crippen molar-refractivity contribution in [2.75, 3.05) is 4.90 Å². The summed E-state index contributed by atoms with van der Waals surface area (Å²) in [5.41, 5.74) is 11.3. The summed E-state index contributed by atoms with van der Waals surface area (Å²) in [6, 6.07) is 59.1. The number of para-hydroxylation sites is 2. The summed E-state index contributed by atoms with van der Waals surface area (Å²) in [5, 5.41) is 4.49. The van der Waals surface area contributed by atoms with E-state index in [2.05, 4.69) is 155 Å². The highest BCUT2D eigenvalue weighted by molar-refractivity contribution is 6.24. The number of anilines is 3. The van der Waals surface area contributed by atoms with Crippen molar-refractivity contribution in [2.45, 2.75) is 0 Å². The number of fused-ring (bicyclic) bond motifs is 7. The van der Waals surface area contributed by atoms with E-state index in [9.17, 15) is 0 Å². The maximum Gasteiger partial charge on any atom is 0.234 e. The molecule has 5 nitrogen and oxygen atoms in total. The summed E-state index contributed by atoms with van der Waals surface area (Å²) in [5.74, 6) is 0.581. The number of aromatic nitrogens is 3. The Bertz CT molecular complexity index is 2740. The van der Waals surface area contributed by atoms with Gasteiger partial charge in [-0.3, -0.25) is 4.90 Å². The highest BCUT2D eigenvalue weighted by atomic mass is 16.3. The van der Waals surface area contributed by atoms with E-state index in [0.717, 1.165) is 66.7 Å². The Balaban J connectivity index is 1.19. The lowest BCUT2D eigenvalue weighted by Crippen LogP contribution is -2.13. The molecule has 0 aliphatic carbocycles. The van der Waals surface area contributed by atoms with Crippen molar-refractivity contribution < 1.29 is 4.42 Å². The molecule has 10 rings (SSSR count). The first-order valence-electron chi connectivity index (χ1n) is 17.1. The molecule has 3 aromatic heterocycles. The van der Waals surface area contributed by atoms with Crippen LogP contribution >= 0.6 is 0 Å². The molecule has 3 heterocycles. The first-order chi connectivity index (χ1) is 25.3. The molecule has 10 aromatic rings. The van der Waals surface area contributed by atoms with E-state index >= 15 is 0 Å². The van der Waals surface area contributed by atoms with Gasteiger partial charge in [-0.1, -0.05) is 109 Å². The molecule has 0 fully saturated rings. The summed E-state index contributed by atoms with van der Waals surface area (Å²) in [4.78, 5) is 12.0. The standard InChI is InChI=1S/C46H30N4O/c1-4-12-31(13-5-1)33-20-22-36(23-21-33)49(46-47-29-34(30-48-46)32-14-6-2-7-15-32)37-24-26-42-40(28-37)44-43(51-42)27-25-39-38-18-10-11-19-41(38)50(45(39)44)35-16-8-3-9-17-35/h1-30H. The van der Waals surface area contributed by atoms with Gasteiger partial charge in [0.25, 0.3) is 0 Å². The van der Waals surface area contributed by atoms with E-state index in [4.69, 9.17) is 14.4 Å². The van der Waals surface area contributed by atoms with Crippen LogP contribution in [-0.2, 0) is 0 Å². The predicted molar refractivity (Wildman–Crippen MR) is 209 cm³/mol. The number of benzene rings is 7. The summed E-state index contributed by atoms with van der Waals surface area (Å²) >= 11 is 0. The van der Waals surface area contributed by atoms with Crippen molar-refractivity contribution in [1.82, 2.24) is 14.5 Å². The second-order valence-electron chi connectivity index (χ2n) is 12.7. The van der Waals surface area contributed by atoms with Crippen molar-refractivity contribution in [3.63, 3.8) is 0 Å². The van der Waals surface area contributed by atoms with Gasteiger partial charge < -0.3 is 8.98 Å². The van der Waals surface area contributed by atoms with Crippen LogP contribution in [0.2, 0.25) is 0 Å². The molecule has 0 aliphatic heterocycles. The molecule has 7 aromatic carbocycles. The SMILES string of the molecule is c1ccc(-c2ccc(N(c3ccc4oc5ccc6c7ccccc7n(-c7ccccc7)c6c5c4c3)c3ncc(-c4ccccc4)cn3)cc2)cc1. The third kappa shape index (κ3) is 4.86. The summed E-state index contributed by atoms with van der Waals surface area (Å²) in [7, 11) is 0. The molecule has 0 saturated carbocycles. The highest BCUT2D eigenvalue weighted by Gasteiger charge is 2.22. The van der Waals surface area contributed by atoms with Crippen LogP contribution in [0, 0.1) is 0 Å². The topological polar surface area (TPSA) is 47.1 Å². The Morgan fingerprint density at radius 3 is 1.76 bits per heavy atom. The van der Waals surface area contributed by atoms with Gasteiger partial charge in [-0.25, -0.2) is 9.97 Å². The zero-order valence-corrected chi connectivity index (χ0v) is 27.5. The molecule has 0 N–H and O–H groups in total. The molecule has 240 valence electrons. The van der Waals surface area contributed by atoms with E-state index in [-0.39, 0.29) is 0 Å². The number of rotatable bonds is 6. The molecule has 0 radical (unpaired) electrons. The first-order valence-corrected chi connectivity index (χ1v) is 17.1. The molecule has 0 amide bonds. The van der Waals surface area contributed by atoms with Gasteiger partial charge in [0.2, 0.25) is 5.95 Å². The minimum Gasteiger partial charge on any atom is -0.456 e. The lowest BCUT2D eigenvalue weighted by Gasteiger charge is -2.23. The lowest BCUT2D eigenvalue weighted by molar-refractivity contribution is 0.669. The van der Waals surface area contributed by atoms with Gasteiger partial charge in [0.05, 0.1) is 16.4 Å². The van der Waals surface area contributed by atoms with Crippen LogP contribution in [0.5, 0.6) is 0 Å². The monoisotopic (exact) mass is 654 g/mol. The molecule has 5 heteroatoms. The zero-order chi connectivity index (χ0) is 33.7. The van der Waals surface area contributed by atoms with E-state index in [0.29, 0.717) is 5.95 Å². The quantitative estimate of drug-likeness (QED) is 0.179. The van der Waals surface area contributed by atoms with Gasteiger partial charge in [0, 0.05) is 51.2 Å². The van der Waals surface area contributed by atoms with Crippen LogP contribution in [0.4, 0.5) is 17.3 Å². The third-order valence-corrected chi connectivity index (χ3v) is 9.70. The van der Waals surface area contributed by atoms with Crippen LogP contribution in [0.15, 0.2) is 187 Å². The Kier molecular flexibility index (Phi) is 6.74. The Morgan fingerprint density at radius 2 is 1.04 bits per heavy atom. The van der Waals surface area contributed by atoms with Crippen LogP contribution < -0.4 is 4.90 Å². The smallest absolute Gasteiger partial charge is 0.234 e. The summed E-state index contributed by atoms with van der Waals surface area (Å²) in [6.07, 6.45) is 3.80. The fourth-order valence-corrected chi connectivity index (χ4v) is 7.32. The molecule has 0 saturated heterocycles. The Hall–Kier alpha value is -6.98. The largest absolute Gasteiger partial charge is 0.456 e. The van der Waals surface area contributed by atoms with Gasteiger partial charge >= 0.3 is 0 Å². The molecule has 0 bridgehead atoms. The maximum atomic E-state index is 6.56. The van der Waals surface area contributed by atoms with Crippen LogP contribution in [-0.4, -0.2) is 14.5 Å². The number of furan rings is 1. The highest BCUT2D eigenvalue weighted by Crippen LogP contribution is 2.43. The number of hydrogen-bond acceptors (Lipinski definition) is 4. The van der Waals surface area contributed by atoms with Gasteiger partial charge in [0.1, 0.15) is 11.2 Å². The number of hydrogen-bond donors (Lipinski definition) is 0. The minimum absolute atomic E-state index is 0.581. The molecular weight excluding hydrogens is 625 g/mol. The van der Waals surface area contributed by atoms with Crippen LogP contribution in [0.3, 0.4) is 0 Å². The van der Waals surface area contributed by atoms with Crippen LogP contribution in [0.1, 0.15) is 0 Å². The van der Waals surface area contributed by atoms with Gasteiger partial charge in [-0.2, -0.15) is 0 Å². The predicted octanol–water partition coefficient (Wildman–Crippen LogP) is 12.3. The second kappa shape index (κ2) is 11.9. The fourth-order valence-electron chi connectivity index (χ4n) is 7.32. The van der Waals surface area contributed by atoms with Crippen molar-refractivity contribution in [3.05, 3.63) is 182 Å². The molecule has 0 aliphatic rings. The third-order valence-electron chi connectivity index (χ3n) is 9.70. The van der Waals surface area contributed by atoms with E-state index in [1.54, 1.807) is 0 Å². The number of nitrogens with zero attached hydrogens (tertiary/aromatic N) is 4. The van der Waals surface area contributed by atoms with Crippen molar-refractivity contribution in [1.29, 1.82) is 0 Å². The van der Waals surface area contributed by atoms with E-state index in [1.807, 2.05) is 36.7 Å². The van der Waals surface area contributed by atoms with Gasteiger partial charge in [0.15, 0.2) is 0 Å². The molecular formula is C46H30N4O. The zero-order valence-electron chi connectivity index (χ0n) is 27.5. The summed E-state index contributed by atoms with van der Waals surface area (Å²) < 4.78 is 8.92. The molecule has 0 spiro atoms.